The second kappa shape index (κ2) is 10.1. The quantitative estimate of drug-likeness (QED) is 0.173. The molecule has 2 heterocycles. The lowest BCUT2D eigenvalue weighted by Gasteiger charge is -2.18. The molecule has 0 nitrogen and oxygen atoms in total. The molecule has 0 aliphatic rings. The predicted octanol–water partition coefficient (Wildman–Crippen LogP) is 13.7. The Morgan fingerprint density at radius 3 is 1.61 bits per heavy atom. The van der Waals surface area contributed by atoms with Gasteiger partial charge in [-0.15, -0.1) is 22.7 Å². The van der Waals surface area contributed by atoms with E-state index in [1.165, 1.54) is 95.3 Å². The Morgan fingerprint density at radius 1 is 0.283 bits per heavy atom. The molecule has 46 heavy (non-hydrogen) atoms. The highest BCUT2D eigenvalue weighted by molar-refractivity contribution is 7.27. The molecule has 214 valence electrons. The molecule has 0 atom stereocenters. The van der Waals surface area contributed by atoms with Crippen molar-refractivity contribution in [2.75, 3.05) is 0 Å². The van der Waals surface area contributed by atoms with Crippen LogP contribution in [-0.4, -0.2) is 0 Å². The van der Waals surface area contributed by atoms with Crippen molar-refractivity contribution in [1.29, 1.82) is 0 Å². The van der Waals surface area contributed by atoms with E-state index < -0.39 is 0 Å². The van der Waals surface area contributed by atoms with Gasteiger partial charge in [0.1, 0.15) is 0 Å². The first-order valence-corrected chi connectivity index (χ1v) is 17.3. The van der Waals surface area contributed by atoms with Gasteiger partial charge in [0, 0.05) is 46.3 Å². The van der Waals surface area contributed by atoms with E-state index in [0.29, 0.717) is 0 Å². The Balaban J connectivity index is 1.35. The van der Waals surface area contributed by atoms with Gasteiger partial charge in [-0.25, -0.2) is 0 Å². The molecule has 0 unspecified atom stereocenters. The number of benzene rings is 8. The standard InChI is InChI=1S/C44H26S2/c1-2-13-28(14-3-1)42-37-25-36-31-16-10-11-21-38(31)45-39(36)26-40(37)46-44(42)43-34-19-8-6-17-32(34)41(33-18-7-9-20-35(33)43)30-23-22-27-12-4-5-15-29(27)24-30/h1-26H. The first kappa shape index (κ1) is 26.0. The van der Waals surface area contributed by atoms with E-state index in [1.807, 2.05) is 22.7 Å². The highest BCUT2D eigenvalue weighted by Gasteiger charge is 2.23. The van der Waals surface area contributed by atoms with Crippen LogP contribution in [0.25, 0.3) is 95.3 Å². The number of rotatable bonds is 3. The van der Waals surface area contributed by atoms with Crippen molar-refractivity contribution in [3.63, 3.8) is 0 Å². The molecular formula is C44H26S2. The van der Waals surface area contributed by atoms with Crippen LogP contribution < -0.4 is 0 Å². The van der Waals surface area contributed by atoms with Crippen molar-refractivity contribution in [3.8, 4) is 32.7 Å². The van der Waals surface area contributed by atoms with Crippen LogP contribution in [-0.2, 0) is 0 Å². The summed E-state index contributed by atoms with van der Waals surface area (Å²) >= 11 is 3.83. The van der Waals surface area contributed by atoms with Crippen LogP contribution in [0.3, 0.4) is 0 Å². The third-order valence-corrected chi connectivity index (χ3v) is 11.8. The van der Waals surface area contributed by atoms with E-state index >= 15 is 0 Å². The zero-order valence-corrected chi connectivity index (χ0v) is 26.5. The van der Waals surface area contributed by atoms with Gasteiger partial charge in [-0.2, -0.15) is 0 Å². The molecule has 10 rings (SSSR count). The van der Waals surface area contributed by atoms with E-state index in [0.717, 1.165) is 0 Å². The Morgan fingerprint density at radius 2 is 0.870 bits per heavy atom. The van der Waals surface area contributed by atoms with Crippen LogP contribution in [0.4, 0.5) is 0 Å². The Labute approximate surface area is 274 Å². The average Bonchev–Trinajstić information content (AvgIpc) is 3.67. The highest BCUT2D eigenvalue weighted by Crippen LogP contribution is 2.52. The van der Waals surface area contributed by atoms with E-state index in [1.54, 1.807) is 0 Å². The summed E-state index contributed by atoms with van der Waals surface area (Å²) < 4.78 is 4.03. The van der Waals surface area contributed by atoms with E-state index in [9.17, 15) is 0 Å². The van der Waals surface area contributed by atoms with Crippen molar-refractivity contribution in [3.05, 3.63) is 158 Å². The third kappa shape index (κ3) is 3.84. The molecule has 0 amide bonds. The second-order valence-electron chi connectivity index (χ2n) is 12.0. The topological polar surface area (TPSA) is 0 Å². The summed E-state index contributed by atoms with van der Waals surface area (Å²) in [7, 11) is 0. The largest absolute Gasteiger partial charge is 0.135 e. The molecule has 0 aliphatic carbocycles. The lowest BCUT2D eigenvalue weighted by atomic mass is 9.86. The Bertz CT molecular complexity index is 2740. The molecule has 0 saturated carbocycles. The molecule has 0 radical (unpaired) electrons. The summed E-state index contributed by atoms with van der Waals surface area (Å²) in [5.41, 5.74) is 6.46. The fourth-order valence-corrected chi connectivity index (χ4v) is 9.93. The van der Waals surface area contributed by atoms with Crippen LogP contribution >= 0.6 is 22.7 Å². The minimum atomic E-state index is 1.25. The Kier molecular flexibility index (Phi) is 5.72. The molecule has 0 fully saturated rings. The van der Waals surface area contributed by atoms with Gasteiger partial charge in [0.2, 0.25) is 0 Å². The molecule has 10 aromatic rings. The van der Waals surface area contributed by atoms with Crippen molar-refractivity contribution >= 4 is 85.2 Å². The first-order chi connectivity index (χ1) is 22.8. The average molecular weight is 619 g/mol. The van der Waals surface area contributed by atoms with Gasteiger partial charge >= 0.3 is 0 Å². The fraction of sp³-hybridized carbons (Fsp3) is 0. The van der Waals surface area contributed by atoms with Crippen molar-refractivity contribution < 1.29 is 0 Å². The van der Waals surface area contributed by atoms with Crippen LogP contribution in [0.5, 0.6) is 0 Å². The zero-order valence-electron chi connectivity index (χ0n) is 24.8. The summed E-state index contributed by atoms with van der Waals surface area (Å²) in [6, 6.07) is 58.3. The summed E-state index contributed by atoms with van der Waals surface area (Å²) in [4.78, 5) is 1.33. The van der Waals surface area contributed by atoms with Gasteiger partial charge in [0.25, 0.3) is 0 Å². The van der Waals surface area contributed by atoms with Crippen LogP contribution in [0, 0.1) is 0 Å². The van der Waals surface area contributed by atoms with E-state index in [4.69, 9.17) is 0 Å². The number of thiophene rings is 2. The van der Waals surface area contributed by atoms with E-state index in [2.05, 4.69) is 158 Å². The molecular weight excluding hydrogens is 593 g/mol. The van der Waals surface area contributed by atoms with Crippen molar-refractivity contribution in [2.24, 2.45) is 0 Å². The van der Waals surface area contributed by atoms with Crippen molar-refractivity contribution in [2.45, 2.75) is 0 Å². The van der Waals surface area contributed by atoms with Gasteiger partial charge in [-0.1, -0.05) is 133 Å². The number of hydrogen-bond acceptors (Lipinski definition) is 2. The van der Waals surface area contributed by atoms with Gasteiger partial charge < -0.3 is 0 Å². The lowest BCUT2D eigenvalue weighted by molar-refractivity contribution is 1.68. The van der Waals surface area contributed by atoms with Crippen LogP contribution in [0.2, 0.25) is 0 Å². The highest BCUT2D eigenvalue weighted by atomic mass is 32.1. The Hall–Kier alpha value is -5.28. The van der Waals surface area contributed by atoms with Crippen LogP contribution in [0.15, 0.2) is 158 Å². The maximum atomic E-state index is 2.46. The van der Waals surface area contributed by atoms with Crippen LogP contribution in [0.1, 0.15) is 0 Å². The third-order valence-electron chi connectivity index (χ3n) is 9.45. The maximum absolute atomic E-state index is 2.46. The molecule has 0 spiro atoms. The SMILES string of the molecule is c1ccc(-c2c(-c3c4ccccc4c(-c4ccc5ccccc5c4)c4ccccc34)sc3cc4sc5ccccc5c4cc23)cc1. The smallest absolute Gasteiger partial charge is 0.0446 e. The molecule has 0 N–H and O–H groups in total. The predicted molar refractivity (Wildman–Crippen MR) is 204 cm³/mol. The first-order valence-electron chi connectivity index (χ1n) is 15.7. The number of hydrogen-bond donors (Lipinski definition) is 0. The van der Waals surface area contributed by atoms with Gasteiger partial charge in [0.15, 0.2) is 0 Å². The fourth-order valence-electron chi connectivity index (χ4n) is 7.41. The maximum Gasteiger partial charge on any atom is 0.0446 e. The normalized spacial score (nSPS) is 11.9. The molecule has 8 aromatic carbocycles. The van der Waals surface area contributed by atoms with Crippen molar-refractivity contribution in [1.82, 2.24) is 0 Å². The van der Waals surface area contributed by atoms with Gasteiger partial charge in [-0.05, 0) is 73.3 Å². The van der Waals surface area contributed by atoms with E-state index in [-0.39, 0.29) is 0 Å². The molecule has 2 heteroatoms. The second-order valence-corrected chi connectivity index (χ2v) is 14.2. The van der Waals surface area contributed by atoms with Gasteiger partial charge in [0.05, 0.1) is 0 Å². The monoisotopic (exact) mass is 618 g/mol. The minimum Gasteiger partial charge on any atom is -0.135 e. The molecule has 0 aliphatic heterocycles. The van der Waals surface area contributed by atoms with Gasteiger partial charge in [-0.3, -0.25) is 0 Å². The molecule has 0 bridgehead atoms. The summed E-state index contributed by atoms with van der Waals surface area (Å²) in [5.74, 6) is 0. The zero-order chi connectivity index (χ0) is 30.2. The summed E-state index contributed by atoms with van der Waals surface area (Å²) in [6.45, 7) is 0. The molecule has 2 aromatic heterocycles. The minimum absolute atomic E-state index is 1.25. The molecule has 0 saturated heterocycles. The lowest BCUT2D eigenvalue weighted by Crippen LogP contribution is -1.91. The number of fused-ring (bicyclic) bond motifs is 7. The summed E-state index contributed by atoms with van der Waals surface area (Å²) in [6.07, 6.45) is 0. The summed E-state index contributed by atoms with van der Waals surface area (Å²) in [5, 5.41) is 11.7.